The standard InChI is InChI=1S/C11H13NO4/c13-10(14)4-2-1-3-8-5-6-9(11(15)16)12-7-8/h5-7H,1-4H2,(H,13,14)(H,15,16). The quantitative estimate of drug-likeness (QED) is 0.715. The number of hydrogen-bond donors (Lipinski definition) is 2. The van der Waals surface area contributed by atoms with Crippen molar-refractivity contribution in [2.24, 2.45) is 0 Å². The summed E-state index contributed by atoms with van der Waals surface area (Å²) in [5, 5.41) is 17.1. The van der Waals surface area contributed by atoms with Gasteiger partial charge in [-0.1, -0.05) is 6.07 Å². The Morgan fingerprint density at radius 2 is 1.94 bits per heavy atom. The van der Waals surface area contributed by atoms with Crippen molar-refractivity contribution < 1.29 is 19.8 Å². The minimum absolute atomic E-state index is 0.0225. The predicted octanol–water partition coefficient (Wildman–Crippen LogP) is 1.58. The fraction of sp³-hybridized carbons (Fsp3) is 0.364. The maximum absolute atomic E-state index is 10.5. The molecule has 0 radical (unpaired) electrons. The molecule has 0 aromatic carbocycles. The van der Waals surface area contributed by atoms with Crippen LogP contribution in [-0.2, 0) is 11.2 Å². The lowest BCUT2D eigenvalue weighted by Gasteiger charge is -2.00. The van der Waals surface area contributed by atoms with Crippen LogP contribution in [0.3, 0.4) is 0 Å². The van der Waals surface area contributed by atoms with Crippen molar-refractivity contribution in [3.05, 3.63) is 29.6 Å². The highest BCUT2D eigenvalue weighted by Gasteiger charge is 2.03. The van der Waals surface area contributed by atoms with E-state index >= 15 is 0 Å². The Bertz CT molecular complexity index is 372. The van der Waals surface area contributed by atoms with Crippen LogP contribution in [-0.4, -0.2) is 27.1 Å². The van der Waals surface area contributed by atoms with Gasteiger partial charge in [0, 0.05) is 12.6 Å². The number of carbonyl (C=O) groups is 2. The second-order valence-electron chi connectivity index (χ2n) is 3.46. The predicted molar refractivity (Wildman–Crippen MR) is 56.4 cm³/mol. The molecule has 0 atom stereocenters. The molecule has 0 saturated heterocycles. The van der Waals surface area contributed by atoms with Gasteiger partial charge in [-0.15, -0.1) is 0 Å². The van der Waals surface area contributed by atoms with Crippen LogP contribution in [0.4, 0.5) is 0 Å². The smallest absolute Gasteiger partial charge is 0.354 e. The molecule has 0 saturated carbocycles. The Kier molecular flexibility index (Phi) is 4.44. The first-order chi connectivity index (χ1) is 7.59. The number of aromatic carboxylic acids is 1. The first-order valence-corrected chi connectivity index (χ1v) is 4.99. The fourth-order valence-corrected chi connectivity index (χ4v) is 1.30. The summed E-state index contributed by atoms with van der Waals surface area (Å²) in [5.74, 6) is -1.84. The van der Waals surface area contributed by atoms with Gasteiger partial charge in [-0.2, -0.15) is 0 Å². The maximum atomic E-state index is 10.5. The minimum atomic E-state index is -1.04. The number of carboxylic acids is 2. The SMILES string of the molecule is O=C(O)CCCCc1ccc(C(=O)O)nc1. The zero-order valence-corrected chi connectivity index (χ0v) is 8.72. The molecule has 1 rings (SSSR count). The largest absolute Gasteiger partial charge is 0.481 e. The number of aromatic nitrogens is 1. The van der Waals surface area contributed by atoms with Crippen LogP contribution in [0.1, 0.15) is 35.3 Å². The summed E-state index contributed by atoms with van der Waals surface area (Å²) in [4.78, 5) is 24.5. The number of pyridine rings is 1. The Morgan fingerprint density at radius 3 is 2.44 bits per heavy atom. The highest BCUT2D eigenvalue weighted by atomic mass is 16.4. The molecule has 0 aliphatic carbocycles. The minimum Gasteiger partial charge on any atom is -0.481 e. The van der Waals surface area contributed by atoms with Crippen LogP contribution in [0.25, 0.3) is 0 Å². The Hall–Kier alpha value is -1.91. The molecule has 0 unspecified atom stereocenters. The molecule has 0 aliphatic heterocycles. The summed E-state index contributed by atoms with van der Waals surface area (Å²) in [5.41, 5.74) is 0.949. The number of hydrogen-bond acceptors (Lipinski definition) is 3. The normalized spacial score (nSPS) is 10.0. The molecule has 0 fully saturated rings. The number of aliphatic carboxylic acids is 1. The van der Waals surface area contributed by atoms with Crippen LogP contribution in [0, 0.1) is 0 Å². The second-order valence-corrected chi connectivity index (χ2v) is 3.46. The van der Waals surface area contributed by atoms with E-state index in [1.54, 1.807) is 6.07 Å². The third kappa shape index (κ3) is 4.08. The van der Waals surface area contributed by atoms with Crippen LogP contribution in [0.15, 0.2) is 18.3 Å². The first-order valence-electron chi connectivity index (χ1n) is 4.99. The lowest BCUT2D eigenvalue weighted by molar-refractivity contribution is -0.137. The molecule has 0 aliphatic rings. The van der Waals surface area contributed by atoms with Gasteiger partial charge in [0.05, 0.1) is 0 Å². The summed E-state index contributed by atoms with van der Waals surface area (Å²) in [7, 11) is 0. The molecule has 5 nitrogen and oxygen atoms in total. The molecule has 0 spiro atoms. The fourth-order valence-electron chi connectivity index (χ4n) is 1.30. The zero-order valence-electron chi connectivity index (χ0n) is 8.72. The molecule has 0 bridgehead atoms. The topological polar surface area (TPSA) is 87.5 Å². The number of unbranched alkanes of at least 4 members (excludes halogenated alkanes) is 1. The van der Waals surface area contributed by atoms with Crippen molar-refractivity contribution in [2.45, 2.75) is 25.7 Å². The molecule has 1 heterocycles. The molecule has 0 amide bonds. The monoisotopic (exact) mass is 223 g/mol. The van der Waals surface area contributed by atoms with Crippen molar-refractivity contribution in [1.29, 1.82) is 0 Å². The van der Waals surface area contributed by atoms with Crippen molar-refractivity contribution in [3.63, 3.8) is 0 Å². The van der Waals surface area contributed by atoms with Crippen LogP contribution in [0.2, 0.25) is 0 Å². The van der Waals surface area contributed by atoms with Crippen LogP contribution in [0.5, 0.6) is 0 Å². The Morgan fingerprint density at radius 1 is 1.19 bits per heavy atom. The molecular formula is C11H13NO4. The van der Waals surface area contributed by atoms with E-state index in [4.69, 9.17) is 10.2 Å². The second kappa shape index (κ2) is 5.85. The Balaban J connectivity index is 2.38. The Labute approximate surface area is 92.8 Å². The van der Waals surface area contributed by atoms with E-state index < -0.39 is 11.9 Å². The zero-order chi connectivity index (χ0) is 12.0. The third-order valence-corrected chi connectivity index (χ3v) is 2.15. The molecular weight excluding hydrogens is 210 g/mol. The molecule has 2 N–H and O–H groups in total. The first kappa shape index (κ1) is 12.2. The van der Waals surface area contributed by atoms with E-state index in [1.807, 2.05) is 0 Å². The van der Waals surface area contributed by atoms with E-state index in [9.17, 15) is 9.59 Å². The number of aryl methyl sites for hydroxylation is 1. The van der Waals surface area contributed by atoms with E-state index in [2.05, 4.69) is 4.98 Å². The highest BCUT2D eigenvalue weighted by molar-refractivity contribution is 5.85. The van der Waals surface area contributed by atoms with Crippen molar-refractivity contribution in [3.8, 4) is 0 Å². The van der Waals surface area contributed by atoms with Gasteiger partial charge in [-0.3, -0.25) is 4.79 Å². The third-order valence-electron chi connectivity index (χ3n) is 2.15. The van der Waals surface area contributed by atoms with Gasteiger partial charge in [0.1, 0.15) is 5.69 Å². The summed E-state index contributed by atoms with van der Waals surface area (Å²) in [6.45, 7) is 0. The number of rotatable bonds is 6. The van der Waals surface area contributed by atoms with Crippen LogP contribution >= 0.6 is 0 Å². The average molecular weight is 223 g/mol. The van der Waals surface area contributed by atoms with Gasteiger partial charge >= 0.3 is 11.9 Å². The van der Waals surface area contributed by atoms with Gasteiger partial charge < -0.3 is 10.2 Å². The molecule has 5 heteroatoms. The van der Waals surface area contributed by atoms with Crippen molar-refractivity contribution >= 4 is 11.9 Å². The van der Waals surface area contributed by atoms with E-state index in [0.717, 1.165) is 18.4 Å². The molecule has 1 aromatic rings. The summed E-state index contributed by atoms with van der Waals surface area (Å²) < 4.78 is 0. The lowest BCUT2D eigenvalue weighted by Crippen LogP contribution is -2.00. The average Bonchev–Trinajstić information content (AvgIpc) is 2.25. The molecule has 86 valence electrons. The number of carboxylic acid groups (broad SMARTS) is 2. The number of nitrogens with zero attached hydrogens (tertiary/aromatic N) is 1. The van der Waals surface area contributed by atoms with E-state index in [-0.39, 0.29) is 12.1 Å². The van der Waals surface area contributed by atoms with Gasteiger partial charge in [-0.25, -0.2) is 9.78 Å². The molecule has 1 aromatic heterocycles. The van der Waals surface area contributed by atoms with Gasteiger partial charge in [0.25, 0.3) is 0 Å². The maximum Gasteiger partial charge on any atom is 0.354 e. The lowest BCUT2D eigenvalue weighted by atomic mass is 10.1. The van der Waals surface area contributed by atoms with Crippen LogP contribution < -0.4 is 0 Å². The van der Waals surface area contributed by atoms with Gasteiger partial charge in [0.15, 0.2) is 0 Å². The van der Waals surface area contributed by atoms with E-state index in [1.165, 1.54) is 12.3 Å². The van der Waals surface area contributed by atoms with Crippen molar-refractivity contribution in [1.82, 2.24) is 4.98 Å². The summed E-state index contributed by atoms with van der Waals surface area (Å²) in [6.07, 6.45) is 3.79. The summed E-state index contributed by atoms with van der Waals surface area (Å²) in [6, 6.07) is 3.16. The molecule has 16 heavy (non-hydrogen) atoms. The van der Waals surface area contributed by atoms with Gasteiger partial charge in [0.2, 0.25) is 0 Å². The van der Waals surface area contributed by atoms with Gasteiger partial charge in [-0.05, 0) is 30.9 Å². The summed E-state index contributed by atoms with van der Waals surface area (Å²) >= 11 is 0. The highest BCUT2D eigenvalue weighted by Crippen LogP contribution is 2.06. The van der Waals surface area contributed by atoms with Crippen molar-refractivity contribution in [2.75, 3.05) is 0 Å². The van der Waals surface area contributed by atoms with E-state index in [0.29, 0.717) is 6.42 Å².